The Kier molecular flexibility index (Phi) is 4.73. The van der Waals surface area contributed by atoms with Crippen molar-refractivity contribution in [3.8, 4) is 0 Å². The molecular formula is C10H21N3O. The second-order valence-electron chi connectivity index (χ2n) is 3.85. The topological polar surface area (TPSA) is 61.8 Å². The SMILES string of the molecule is CCCN=C(N)N1CCC(CO)CC1. The summed E-state index contributed by atoms with van der Waals surface area (Å²) in [5.41, 5.74) is 5.83. The van der Waals surface area contributed by atoms with Gasteiger partial charge in [0.15, 0.2) is 5.96 Å². The van der Waals surface area contributed by atoms with Crippen LogP contribution in [0.25, 0.3) is 0 Å². The summed E-state index contributed by atoms with van der Waals surface area (Å²) >= 11 is 0. The second kappa shape index (κ2) is 5.86. The van der Waals surface area contributed by atoms with Crippen molar-refractivity contribution >= 4 is 5.96 Å². The molecule has 0 spiro atoms. The van der Waals surface area contributed by atoms with Gasteiger partial charge in [0.25, 0.3) is 0 Å². The van der Waals surface area contributed by atoms with Gasteiger partial charge in [0.05, 0.1) is 0 Å². The fourth-order valence-corrected chi connectivity index (χ4v) is 1.67. The largest absolute Gasteiger partial charge is 0.396 e. The molecule has 1 saturated heterocycles. The van der Waals surface area contributed by atoms with Gasteiger partial charge in [-0.2, -0.15) is 0 Å². The minimum Gasteiger partial charge on any atom is -0.396 e. The molecule has 4 heteroatoms. The number of aliphatic hydroxyl groups is 1. The van der Waals surface area contributed by atoms with Gasteiger partial charge in [-0.25, -0.2) is 0 Å². The van der Waals surface area contributed by atoms with Gasteiger partial charge in [0.2, 0.25) is 0 Å². The van der Waals surface area contributed by atoms with E-state index in [2.05, 4.69) is 16.8 Å². The molecule has 0 aromatic carbocycles. The van der Waals surface area contributed by atoms with Gasteiger partial charge >= 0.3 is 0 Å². The molecule has 0 saturated carbocycles. The highest BCUT2D eigenvalue weighted by atomic mass is 16.3. The van der Waals surface area contributed by atoms with E-state index in [1.807, 2.05) is 0 Å². The number of hydrogen-bond donors (Lipinski definition) is 2. The van der Waals surface area contributed by atoms with Crippen molar-refractivity contribution in [3.63, 3.8) is 0 Å². The lowest BCUT2D eigenvalue weighted by molar-refractivity contribution is 0.165. The first-order valence-electron chi connectivity index (χ1n) is 5.43. The second-order valence-corrected chi connectivity index (χ2v) is 3.85. The van der Waals surface area contributed by atoms with Gasteiger partial charge in [-0.3, -0.25) is 4.99 Å². The third-order valence-corrected chi connectivity index (χ3v) is 2.69. The molecule has 0 aliphatic carbocycles. The van der Waals surface area contributed by atoms with Crippen LogP contribution in [0.5, 0.6) is 0 Å². The predicted molar refractivity (Wildman–Crippen MR) is 58.2 cm³/mol. The smallest absolute Gasteiger partial charge is 0.191 e. The quantitative estimate of drug-likeness (QED) is 0.511. The zero-order valence-electron chi connectivity index (χ0n) is 8.95. The minimum absolute atomic E-state index is 0.305. The van der Waals surface area contributed by atoms with Crippen LogP contribution in [-0.2, 0) is 0 Å². The van der Waals surface area contributed by atoms with Gasteiger partial charge in [-0.05, 0) is 25.2 Å². The predicted octanol–water partition coefficient (Wildman–Crippen LogP) is 0.415. The molecule has 0 bridgehead atoms. The lowest BCUT2D eigenvalue weighted by atomic mass is 9.98. The summed E-state index contributed by atoms with van der Waals surface area (Å²) in [5, 5.41) is 8.98. The fraction of sp³-hybridized carbons (Fsp3) is 0.900. The molecule has 0 aromatic rings. The number of likely N-dealkylation sites (tertiary alicyclic amines) is 1. The fourth-order valence-electron chi connectivity index (χ4n) is 1.67. The van der Waals surface area contributed by atoms with Crippen LogP contribution in [0.3, 0.4) is 0 Å². The summed E-state index contributed by atoms with van der Waals surface area (Å²) in [4.78, 5) is 6.39. The number of nitrogens with two attached hydrogens (primary N) is 1. The van der Waals surface area contributed by atoms with Crippen LogP contribution in [0.2, 0.25) is 0 Å². The first-order chi connectivity index (χ1) is 6.77. The van der Waals surface area contributed by atoms with E-state index in [-0.39, 0.29) is 0 Å². The maximum absolute atomic E-state index is 8.98. The Morgan fingerprint density at radius 1 is 1.50 bits per heavy atom. The summed E-state index contributed by atoms with van der Waals surface area (Å²) in [6, 6.07) is 0. The highest BCUT2D eigenvalue weighted by Gasteiger charge is 2.19. The zero-order chi connectivity index (χ0) is 10.4. The monoisotopic (exact) mass is 199 g/mol. The van der Waals surface area contributed by atoms with Gasteiger partial charge in [-0.15, -0.1) is 0 Å². The van der Waals surface area contributed by atoms with Crippen LogP contribution in [0.4, 0.5) is 0 Å². The molecule has 1 fully saturated rings. The molecule has 0 amide bonds. The first kappa shape index (κ1) is 11.3. The third-order valence-electron chi connectivity index (χ3n) is 2.69. The van der Waals surface area contributed by atoms with Crippen molar-refractivity contribution in [2.24, 2.45) is 16.6 Å². The number of nitrogens with zero attached hydrogens (tertiary/aromatic N) is 2. The van der Waals surface area contributed by atoms with E-state index in [9.17, 15) is 0 Å². The molecule has 0 atom stereocenters. The third kappa shape index (κ3) is 3.18. The number of rotatable bonds is 3. The van der Waals surface area contributed by atoms with Crippen LogP contribution in [0.1, 0.15) is 26.2 Å². The highest BCUT2D eigenvalue weighted by Crippen LogP contribution is 2.15. The first-order valence-corrected chi connectivity index (χ1v) is 5.43. The molecule has 4 nitrogen and oxygen atoms in total. The summed E-state index contributed by atoms with van der Waals surface area (Å²) in [5.74, 6) is 1.13. The Morgan fingerprint density at radius 3 is 2.64 bits per heavy atom. The lowest BCUT2D eigenvalue weighted by Gasteiger charge is -2.31. The number of hydrogen-bond acceptors (Lipinski definition) is 2. The van der Waals surface area contributed by atoms with Crippen molar-refractivity contribution in [3.05, 3.63) is 0 Å². The number of piperidine rings is 1. The maximum atomic E-state index is 8.98. The lowest BCUT2D eigenvalue weighted by Crippen LogP contribution is -2.43. The number of guanidine groups is 1. The van der Waals surface area contributed by atoms with E-state index in [0.717, 1.165) is 38.9 Å². The van der Waals surface area contributed by atoms with Crippen molar-refractivity contribution in [1.29, 1.82) is 0 Å². The van der Waals surface area contributed by atoms with Crippen molar-refractivity contribution in [2.45, 2.75) is 26.2 Å². The van der Waals surface area contributed by atoms with Crippen LogP contribution >= 0.6 is 0 Å². The minimum atomic E-state index is 0.305. The molecule has 14 heavy (non-hydrogen) atoms. The summed E-state index contributed by atoms with van der Waals surface area (Å²) < 4.78 is 0. The standard InChI is InChI=1S/C10H21N3O/c1-2-5-12-10(11)13-6-3-9(8-14)4-7-13/h9,14H,2-8H2,1H3,(H2,11,12). The Bertz CT molecular complexity index is 186. The van der Waals surface area contributed by atoms with Crippen molar-refractivity contribution in [2.75, 3.05) is 26.2 Å². The Labute approximate surface area is 85.8 Å². The van der Waals surface area contributed by atoms with Gasteiger partial charge < -0.3 is 15.7 Å². The van der Waals surface area contributed by atoms with E-state index in [1.54, 1.807) is 0 Å². The highest BCUT2D eigenvalue weighted by molar-refractivity contribution is 5.78. The van der Waals surface area contributed by atoms with Crippen LogP contribution in [0.15, 0.2) is 4.99 Å². The average Bonchev–Trinajstić information content (AvgIpc) is 2.26. The summed E-state index contributed by atoms with van der Waals surface area (Å²) in [6.45, 7) is 5.08. The van der Waals surface area contributed by atoms with E-state index < -0.39 is 0 Å². The molecule has 1 aliphatic heterocycles. The normalized spacial score (nSPS) is 20.1. The zero-order valence-corrected chi connectivity index (χ0v) is 8.95. The number of aliphatic imine (C=N–C) groups is 1. The van der Waals surface area contributed by atoms with Crippen molar-refractivity contribution < 1.29 is 5.11 Å². The Hall–Kier alpha value is -0.770. The van der Waals surface area contributed by atoms with E-state index in [0.29, 0.717) is 18.5 Å². The molecule has 0 unspecified atom stereocenters. The molecule has 3 N–H and O–H groups in total. The molecule has 82 valence electrons. The molecule has 0 aromatic heterocycles. The Morgan fingerprint density at radius 2 is 2.14 bits per heavy atom. The van der Waals surface area contributed by atoms with Gasteiger partial charge in [0, 0.05) is 26.2 Å². The molecular weight excluding hydrogens is 178 g/mol. The maximum Gasteiger partial charge on any atom is 0.191 e. The van der Waals surface area contributed by atoms with Gasteiger partial charge in [0.1, 0.15) is 0 Å². The molecule has 0 radical (unpaired) electrons. The number of aliphatic hydroxyl groups excluding tert-OH is 1. The van der Waals surface area contributed by atoms with E-state index in [1.165, 1.54) is 0 Å². The van der Waals surface area contributed by atoms with Gasteiger partial charge in [-0.1, -0.05) is 6.92 Å². The van der Waals surface area contributed by atoms with Crippen LogP contribution in [0, 0.1) is 5.92 Å². The summed E-state index contributed by atoms with van der Waals surface area (Å²) in [6.07, 6.45) is 3.09. The average molecular weight is 199 g/mol. The van der Waals surface area contributed by atoms with E-state index in [4.69, 9.17) is 10.8 Å². The van der Waals surface area contributed by atoms with E-state index >= 15 is 0 Å². The van der Waals surface area contributed by atoms with Crippen molar-refractivity contribution in [1.82, 2.24) is 4.90 Å². The summed E-state index contributed by atoms with van der Waals surface area (Å²) in [7, 11) is 0. The molecule has 1 rings (SSSR count). The van der Waals surface area contributed by atoms with Crippen LogP contribution < -0.4 is 5.73 Å². The molecule has 1 heterocycles. The Balaban J connectivity index is 2.33. The van der Waals surface area contributed by atoms with Crippen LogP contribution in [-0.4, -0.2) is 42.2 Å². The molecule has 1 aliphatic rings.